The summed E-state index contributed by atoms with van der Waals surface area (Å²) in [6.07, 6.45) is 1.43. The van der Waals surface area contributed by atoms with Crippen molar-refractivity contribution in [3.05, 3.63) is 53.1 Å². The minimum absolute atomic E-state index is 0.126. The molecule has 0 amide bonds. The Morgan fingerprint density at radius 2 is 2.27 bits per heavy atom. The van der Waals surface area contributed by atoms with Crippen LogP contribution in [0.2, 0.25) is 0 Å². The van der Waals surface area contributed by atoms with Crippen LogP contribution in [0, 0.1) is 5.92 Å². The number of furan rings is 1. The molecule has 0 aliphatic rings. The molecule has 0 bridgehead atoms. The number of aromatic nitrogens is 4. The number of ether oxygens (including phenoxy) is 1. The molecular formula is C17H17N6O3-. The molecule has 0 saturated heterocycles. The van der Waals surface area contributed by atoms with Gasteiger partial charge in [0.15, 0.2) is 0 Å². The molecule has 0 saturated carbocycles. The smallest absolute Gasteiger partial charge is 0.338 e. The number of hydrogen-bond acceptors (Lipinski definition) is 7. The zero-order valence-corrected chi connectivity index (χ0v) is 14.3. The van der Waals surface area contributed by atoms with Crippen LogP contribution in [0.5, 0.6) is 0 Å². The van der Waals surface area contributed by atoms with E-state index in [1.807, 2.05) is 19.9 Å². The molecule has 0 spiro atoms. The first-order valence-corrected chi connectivity index (χ1v) is 7.97. The lowest BCUT2D eigenvalue weighted by Gasteiger charge is -2.07. The monoisotopic (exact) mass is 353 g/mol. The lowest BCUT2D eigenvalue weighted by atomic mass is 10.1. The first-order chi connectivity index (χ1) is 12.6. The summed E-state index contributed by atoms with van der Waals surface area (Å²) in [6.45, 7) is 4.36. The van der Waals surface area contributed by atoms with Gasteiger partial charge in [0.1, 0.15) is 11.5 Å². The molecule has 9 heteroatoms. The Hall–Kier alpha value is -3.49. The molecule has 26 heavy (non-hydrogen) atoms. The number of tetrazole rings is 1. The van der Waals surface area contributed by atoms with Crippen molar-refractivity contribution < 1.29 is 13.9 Å². The lowest BCUT2D eigenvalue weighted by Crippen LogP contribution is -2.10. The Kier molecular flexibility index (Phi) is 5.37. The van der Waals surface area contributed by atoms with Gasteiger partial charge in [0, 0.05) is 5.56 Å². The highest BCUT2D eigenvalue weighted by molar-refractivity contribution is 5.91. The molecule has 0 atom stereocenters. The molecule has 9 nitrogen and oxygen atoms in total. The highest BCUT2D eigenvalue weighted by Crippen LogP contribution is 2.23. The van der Waals surface area contributed by atoms with Crippen molar-refractivity contribution in [3.63, 3.8) is 0 Å². The van der Waals surface area contributed by atoms with Crippen molar-refractivity contribution in [2.75, 3.05) is 6.61 Å². The van der Waals surface area contributed by atoms with Crippen molar-refractivity contribution in [1.82, 2.24) is 20.6 Å². The van der Waals surface area contributed by atoms with E-state index in [2.05, 4.69) is 31.2 Å². The van der Waals surface area contributed by atoms with E-state index in [4.69, 9.17) is 9.15 Å². The maximum Gasteiger partial charge on any atom is 0.338 e. The van der Waals surface area contributed by atoms with Crippen LogP contribution in [0.15, 0.2) is 45.9 Å². The fourth-order valence-electron chi connectivity index (χ4n) is 2.04. The zero-order chi connectivity index (χ0) is 18.4. The van der Waals surface area contributed by atoms with Gasteiger partial charge in [-0.1, -0.05) is 26.0 Å². The Morgan fingerprint density at radius 1 is 1.38 bits per heavy atom. The Bertz CT molecular complexity index is 886. The van der Waals surface area contributed by atoms with E-state index < -0.39 is 0 Å². The van der Waals surface area contributed by atoms with Crippen LogP contribution in [0.1, 0.15) is 30.0 Å². The van der Waals surface area contributed by atoms with Gasteiger partial charge in [0.25, 0.3) is 0 Å². The van der Waals surface area contributed by atoms with E-state index in [1.165, 1.54) is 6.21 Å². The van der Waals surface area contributed by atoms with Crippen LogP contribution in [0.4, 0.5) is 5.95 Å². The Morgan fingerprint density at radius 3 is 3.04 bits per heavy atom. The van der Waals surface area contributed by atoms with Gasteiger partial charge in [0.05, 0.1) is 24.3 Å². The summed E-state index contributed by atoms with van der Waals surface area (Å²) in [5.74, 6) is 1.16. The van der Waals surface area contributed by atoms with Crippen molar-refractivity contribution >= 4 is 18.1 Å². The van der Waals surface area contributed by atoms with E-state index in [0.717, 1.165) is 5.56 Å². The highest BCUT2D eigenvalue weighted by atomic mass is 16.5. The molecule has 1 aromatic carbocycles. The number of esters is 1. The second-order valence-corrected chi connectivity index (χ2v) is 5.83. The summed E-state index contributed by atoms with van der Waals surface area (Å²) in [5.41, 5.74) is 4.98. The Labute approximate surface area is 149 Å². The average Bonchev–Trinajstić information content (AvgIpc) is 3.32. The third-order valence-corrected chi connectivity index (χ3v) is 3.22. The molecule has 134 valence electrons. The summed E-state index contributed by atoms with van der Waals surface area (Å²) in [4.78, 5) is 12.1. The van der Waals surface area contributed by atoms with Crippen molar-refractivity contribution in [3.8, 4) is 11.3 Å². The average molecular weight is 353 g/mol. The van der Waals surface area contributed by atoms with E-state index in [0.29, 0.717) is 23.7 Å². The number of hydrogen-bond donors (Lipinski definition) is 1. The fourth-order valence-corrected chi connectivity index (χ4v) is 2.04. The van der Waals surface area contributed by atoms with Gasteiger partial charge >= 0.3 is 5.97 Å². The number of benzene rings is 1. The molecule has 0 unspecified atom stereocenters. The first kappa shape index (κ1) is 17.3. The SMILES string of the molecule is CC(C)COC(=O)c1cccc(-c2ccc(/C=N\[N-]c3nn[nH]n3)o2)c1. The van der Waals surface area contributed by atoms with Crippen LogP contribution in [-0.4, -0.2) is 39.4 Å². The summed E-state index contributed by atoms with van der Waals surface area (Å²) in [7, 11) is 0. The van der Waals surface area contributed by atoms with Gasteiger partial charge in [-0.2, -0.15) is 0 Å². The molecule has 1 N–H and O–H groups in total. The highest BCUT2D eigenvalue weighted by Gasteiger charge is 2.11. The predicted molar refractivity (Wildman–Crippen MR) is 94.1 cm³/mol. The summed E-state index contributed by atoms with van der Waals surface area (Å²) >= 11 is 0. The largest absolute Gasteiger partial charge is 0.462 e. The third kappa shape index (κ3) is 4.53. The standard InChI is InChI=1S/C17H17N6O3/c1-11(2)10-25-16(24)13-5-3-4-12(8-13)15-7-6-14(26-15)9-18-19-17-20-22-23-21-17/h3-9,11H,10H2,1-2H3,(H-,19,20,21,22,23)/q-1/b18-9-. The molecular weight excluding hydrogens is 336 g/mol. The van der Waals surface area contributed by atoms with Gasteiger partial charge in [-0.05, 0) is 30.2 Å². The first-order valence-electron chi connectivity index (χ1n) is 7.97. The summed E-state index contributed by atoms with van der Waals surface area (Å²) < 4.78 is 10.9. The molecule has 3 rings (SSSR count). The second-order valence-electron chi connectivity index (χ2n) is 5.83. The zero-order valence-electron chi connectivity index (χ0n) is 14.3. The maximum absolute atomic E-state index is 12.1. The quantitative estimate of drug-likeness (QED) is 0.395. The number of aromatic amines is 1. The van der Waals surface area contributed by atoms with E-state index >= 15 is 0 Å². The molecule has 2 aromatic heterocycles. The van der Waals surface area contributed by atoms with Crippen molar-refractivity contribution in [2.45, 2.75) is 13.8 Å². The van der Waals surface area contributed by atoms with E-state index in [9.17, 15) is 4.79 Å². The molecule has 2 heterocycles. The maximum atomic E-state index is 12.1. The van der Waals surface area contributed by atoms with Gasteiger partial charge < -0.3 is 9.15 Å². The topological polar surface area (TPSA) is 120 Å². The van der Waals surface area contributed by atoms with Crippen LogP contribution in [0.3, 0.4) is 0 Å². The van der Waals surface area contributed by atoms with Gasteiger partial charge in [-0.3, -0.25) is 20.8 Å². The number of carbonyl (C=O) groups excluding carboxylic acids is 1. The van der Waals surface area contributed by atoms with E-state index in [-0.39, 0.29) is 17.8 Å². The Balaban J connectivity index is 1.67. The number of nitrogens with zero attached hydrogens (tertiary/aromatic N) is 5. The van der Waals surface area contributed by atoms with Crippen LogP contribution in [-0.2, 0) is 4.74 Å². The van der Waals surface area contributed by atoms with Crippen molar-refractivity contribution in [1.29, 1.82) is 0 Å². The second kappa shape index (κ2) is 8.06. The number of H-pyrrole nitrogens is 1. The van der Waals surface area contributed by atoms with Gasteiger partial charge in [-0.25, -0.2) is 9.90 Å². The normalized spacial score (nSPS) is 11.2. The summed E-state index contributed by atoms with van der Waals surface area (Å²) in [6, 6.07) is 10.6. The minimum atomic E-state index is -0.354. The van der Waals surface area contributed by atoms with Gasteiger partial charge in [-0.15, -0.1) is 5.21 Å². The molecule has 0 fully saturated rings. The van der Waals surface area contributed by atoms with Crippen LogP contribution >= 0.6 is 0 Å². The van der Waals surface area contributed by atoms with Crippen LogP contribution < -0.4 is 0 Å². The molecule has 0 aliphatic carbocycles. The molecule has 0 radical (unpaired) electrons. The number of carbonyl (C=O) groups is 1. The lowest BCUT2D eigenvalue weighted by molar-refractivity contribution is 0.0459. The number of nitrogens with one attached hydrogen (secondary N) is 1. The fraction of sp³-hybridized carbons (Fsp3) is 0.235. The van der Waals surface area contributed by atoms with Gasteiger partial charge in [0.2, 0.25) is 0 Å². The van der Waals surface area contributed by atoms with E-state index in [1.54, 1.807) is 30.3 Å². The molecule has 3 aromatic rings. The van der Waals surface area contributed by atoms with Crippen molar-refractivity contribution in [2.24, 2.45) is 11.0 Å². The summed E-state index contributed by atoms with van der Waals surface area (Å²) in [5, 5.41) is 16.8. The number of rotatable bonds is 7. The third-order valence-electron chi connectivity index (χ3n) is 3.22. The molecule has 0 aliphatic heterocycles. The minimum Gasteiger partial charge on any atom is -0.462 e. The van der Waals surface area contributed by atoms with Crippen LogP contribution in [0.25, 0.3) is 16.7 Å². The predicted octanol–water partition coefficient (Wildman–Crippen LogP) is 3.31.